The summed E-state index contributed by atoms with van der Waals surface area (Å²) < 4.78 is 19.9. The lowest BCUT2D eigenvalue weighted by Crippen LogP contribution is -2.24. The third-order valence-electron chi connectivity index (χ3n) is 5.04. The van der Waals surface area contributed by atoms with Crippen molar-refractivity contribution in [2.24, 2.45) is 0 Å². The highest BCUT2D eigenvalue weighted by atomic mass is 35.5. The molecule has 29 heavy (non-hydrogen) atoms. The molecule has 0 saturated carbocycles. The molecule has 0 saturated heterocycles. The maximum absolute atomic E-state index is 13.1. The van der Waals surface area contributed by atoms with Gasteiger partial charge < -0.3 is 10.1 Å². The van der Waals surface area contributed by atoms with E-state index in [1.165, 1.54) is 6.92 Å². The molecule has 7 heteroatoms. The molecule has 2 unspecified atom stereocenters. The lowest BCUT2D eigenvalue weighted by molar-refractivity contribution is -0.141. The Morgan fingerprint density at radius 2 is 1.90 bits per heavy atom. The largest absolute Gasteiger partial charge is 0.466 e. The van der Waals surface area contributed by atoms with Gasteiger partial charge >= 0.3 is 5.97 Å². The number of hydrogen-bond acceptors (Lipinski definition) is 4. The van der Waals surface area contributed by atoms with Crippen molar-refractivity contribution in [3.8, 4) is 0 Å². The summed E-state index contributed by atoms with van der Waals surface area (Å²) in [5, 5.41) is 4.24. The summed E-state index contributed by atoms with van der Waals surface area (Å²) in [4.78, 5) is 11.5. The maximum atomic E-state index is 13.1. The number of fused-ring (bicyclic) bond motifs is 2. The van der Waals surface area contributed by atoms with Crippen molar-refractivity contribution in [3.63, 3.8) is 0 Å². The average Bonchev–Trinajstić information content (AvgIpc) is 2.79. The Bertz CT molecular complexity index is 890. The Morgan fingerprint density at radius 1 is 1.14 bits per heavy atom. The van der Waals surface area contributed by atoms with Crippen LogP contribution in [0.15, 0.2) is 47.4 Å². The Morgan fingerprint density at radius 3 is 2.69 bits per heavy atom. The zero-order valence-electron chi connectivity index (χ0n) is 16.8. The lowest BCUT2D eigenvalue weighted by atomic mass is 9.96. The van der Waals surface area contributed by atoms with E-state index in [9.17, 15) is 9.00 Å². The van der Waals surface area contributed by atoms with Crippen LogP contribution in [0, 0.1) is 0 Å². The molecule has 0 amide bonds. The van der Waals surface area contributed by atoms with Gasteiger partial charge in [-0.3, -0.25) is 9.10 Å². The molecule has 1 aliphatic rings. The van der Waals surface area contributed by atoms with Crippen molar-refractivity contribution in [3.05, 3.63) is 58.6 Å². The second-order valence-corrected chi connectivity index (χ2v) is 9.05. The van der Waals surface area contributed by atoms with E-state index in [-0.39, 0.29) is 12.0 Å². The molecule has 1 aliphatic heterocycles. The first-order valence-corrected chi connectivity index (χ1v) is 11.4. The summed E-state index contributed by atoms with van der Waals surface area (Å²) in [5.41, 5.74) is 3.07. The highest BCUT2D eigenvalue weighted by Crippen LogP contribution is 2.39. The zero-order valence-corrected chi connectivity index (χ0v) is 18.4. The van der Waals surface area contributed by atoms with Crippen LogP contribution in [0.3, 0.4) is 0 Å². The van der Waals surface area contributed by atoms with E-state index in [2.05, 4.69) is 11.4 Å². The second-order valence-electron chi connectivity index (χ2n) is 7.13. The van der Waals surface area contributed by atoms with Crippen molar-refractivity contribution >= 4 is 34.2 Å². The van der Waals surface area contributed by atoms with Gasteiger partial charge in [0.05, 0.1) is 23.2 Å². The summed E-state index contributed by atoms with van der Waals surface area (Å²) >= 11 is 6.20. The summed E-state index contributed by atoms with van der Waals surface area (Å²) in [6.45, 7) is 2.76. The van der Waals surface area contributed by atoms with Crippen LogP contribution >= 0.6 is 11.6 Å². The molecule has 0 spiro atoms. The molecule has 5 nitrogen and oxygen atoms in total. The maximum Gasteiger partial charge on any atom is 0.302 e. The smallest absolute Gasteiger partial charge is 0.302 e. The number of rotatable bonds is 8. The second kappa shape index (κ2) is 10.2. The van der Waals surface area contributed by atoms with E-state index >= 15 is 0 Å². The fraction of sp³-hybridized carbons (Fsp3) is 0.409. The quantitative estimate of drug-likeness (QED) is 0.486. The molecule has 0 bridgehead atoms. The fourth-order valence-electron chi connectivity index (χ4n) is 3.58. The van der Waals surface area contributed by atoms with Crippen molar-refractivity contribution in [2.45, 2.75) is 43.5 Å². The first kappa shape index (κ1) is 21.8. The van der Waals surface area contributed by atoms with Crippen LogP contribution in [0.25, 0.3) is 0 Å². The van der Waals surface area contributed by atoms with Gasteiger partial charge in [-0.25, -0.2) is 4.21 Å². The third kappa shape index (κ3) is 5.38. The highest BCUT2D eigenvalue weighted by molar-refractivity contribution is 7.86. The van der Waals surface area contributed by atoms with Gasteiger partial charge in [0.25, 0.3) is 0 Å². The number of para-hydroxylation sites is 1. The molecule has 2 atom stereocenters. The molecule has 2 aromatic carbocycles. The van der Waals surface area contributed by atoms with E-state index in [4.69, 9.17) is 16.3 Å². The van der Waals surface area contributed by atoms with Crippen molar-refractivity contribution in [2.75, 3.05) is 24.5 Å². The minimum Gasteiger partial charge on any atom is -0.466 e. The predicted molar refractivity (Wildman–Crippen MR) is 118 cm³/mol. The lowest BCUT2D eigenvalue weighted by Gasteiger charge is -2.22. The van der Waals surface area contributed by atoms with E-state index in [0.717, 1.165) is 53.9 Å². The number of nitrogens with zero attached hydrogens (tertiary/aromatic N) is 1. The monoisotopic (exact) mass is 434 g/mol. The Balaban J connectivity index is 1.71. The van der Waals surface area contributed by atoms with Crippen molar-refractivity contribution in [1.29, 1.82) is 0 Å². The number of halogens is 1. The fourth-order valence-corrected chi connectivity index (χ4v) is 5.08. The van der Waals surface area contributed by atoms with Crippen LogP contribution in [0.4, 0.5) is 5.69 Å². The summed E-state index contributed by atoms with van der Waals surface area (Å²) in [5.74, 6) is -0.222. The standard InChI is InChI=1S/C22H27ClN2O3S/c1-16(26)28-14-8-4-3-7-13-24-22-18-9-5-6-10-20(18)25(2)29(27)21-15-17(23)11-12-19(21)22/h5-6,9-12,15,22,24H,3-4,7-8,13-14H2,1-2H3. The first-order chi connectivity index (χ1) is 14.0. The molecule has 0 fully saturated rings. The molecule has 1 heterocycles. The van der Waals surface area contributed by atoms with Crippen LogP contribution in [0.1, 0.15) is 49.8 Å². The van der Waals surface area contributed by atoms with Crippen LogP contribution in [-0.2, 0) is 20.5 Å². The third-order valence-corrected chi connectivity index (χ3v) is 6.69. The van der Waals surface area contributed by atoms with Crippen molar-refractivity contribution in [1.82, 2.24) is 5.32 Å². The zero-order chi connectivity index (χ0) is 20.8. The number of hydrogen-bond donors (Lipinski definition) is 1. The minimum absolute atomic E-state index is 0.0478. The number of nitrogens with one attached hydrogen (secondary N) is 1. The molecular formula is C22H27ClN2O3S. The Labute approximate surface area is 180 Å². The summed E-state index contributed by atoms with van der Waals surface area (Å²) in [6, 6.07) is 13.7. The molecule has 0 aliphatic carbocycles. The number of carbonyl (C=O) groups is 1. The van der Waals surface area contributed by atoms with Crippen LogP contribution in [0.2, 0.25) is 5.02 Å². The van der Waals surface area contributed by atoms with E-state index in [1.807, 2.05) is 37.4 Å². The van der Waals surface area contributed by atoms with Gasteiger partial charge in [-0.05, 0) is 48.7 Å². The molecular weight excluding hydrogens is 408 g/mol. The number of esters is 1. The van der Waals surface area contributed by atoms with Gasteiger partial charge in [0.1, 0.15) is 0 Å². The normalized spacial score (nSPS) is 18.0. The molecule has 1 N–H and O–H groups in total. The topological polar surface area (TPSA) is 58.6 Å². The number of carbonyl (C=O) groups excluding carboxylic acids is 1. The van der Waals surface area contributed by atoms with E-state index in [1.54, 1.807) is 10.4 Å². The van der Waals surface area contributed by atoms with Gasteiger partial charge in [-0.2, -0.15) is 0 Å². The van der Waals surface area contributed by atoms with Gasteiger partial charge in [0, 0.05) is 19.0 Å². The Hall–Kier alpha value is -1.89. The number of unbranched alkanes of at least 4 members (excludes halogenated alkanes) is 3. The summed E-state index contributed by atoms with van der Waals surface area (Å²) in [7, 11) is 0.533. The van der Waals surface area contributed by atoms with Crippen LogP contribution in [-0.4, -0.2) is 30.4 Å². The predicted octanol–water partition coefficient (Wildman–Crippen LogP) is 4.61. The highest BCUT2D eigenvalue weighted by Gasteiger charge is 2.29. The van der Waals surface area contributed by atoms with E-state index < -0.39 is 11.0 Å². The average molecular weight is 435 g/mol. The van der Waals surface area contributed by atoms with Gasteiger partial charge in [0.2, 0.25) is 0 Å². The van der Waals surface area contributed by atoms with Crippen molar-refractivity contribution < 1.29 is 13.7 Å². The molecule has 2 aromatic rings. The summed E-state index contributed by atoms with van der Waals surface area (Å²) in [6.07, 6.45) is 3.98. The SMILES string of the molecule is CC(=O)OCCCCCCNC1c2ccccc2N(C)S(=O)c2cc(Cl)ccc21. The molecule has 0 aromatic heterocycles. The molecule has 156 valence electrons. The number of ether oxygens (including phenoxy) is 1. The van der Waals surface area contributed by atoms with Crippen LogP contribution < -0.4 is 9.62 Å². The molecule has 3 rings (SSSR count). The minimum atomic E-state index is -1.32. The van der Waals surface area contributed by atoms with Gasteiger partial charge in [-0.15, -0.1) is 0 Å². The number of benzene rings is 2. The van der Waals surface area contributed by atoms with Crippen LogP contribution in [0.5, 0.6) is 0 Å². The van der Waals surface area contributed by atoms with E-state index in [0.29, 0.717) is 11.6 Å². The Kier molecular flexibility index (Phi) is 7.70. The molecule has 0 radical (unpaired) electrons. The first-order valence-electron chi connectivity index (χ1n) is 9.90. The van der Waals surface area contributed by atoms with Gasteiger partial charge in [-0.1, -0.05) is 48.7 Å². The number of anilines is 1. The van der Waals surface area contributed by atoms with Gasteiger partial charge in [0.15, 0.2) is 11.0 Å².